The van der Waals surface area contributed by atoms with E-state index in [0.717, 1.165) is 5.56 Å². The number of nitrogens with zero attached hydrogens (tertiary/aromatic N) is 3. The van der Waals surface area contributed by atoms with Gasteiger partial charge in [-0.25, -0.2) is 9.97 Å². The number of nitriles is 1. The third-order valence-corrected chi connectivity index (χ3v) is 2.01. The summed E-state index contributed by atoms with van der Waals surface area (Å²) in [4.78, 5) is 8.21. The van der Waals surface area contributed by atoms with Crippen LogP contribution in [0.1, 0.15) is 11.3 Å². The molecule has 0 radical (unpaired) electrons. The fourth-order valence-corrected chi connectivity index (χ4v) is 1.25. The predicted octanol–water partition coefficient (Wildman–Crippen LogP) is 1.50. The summed E-state index contributed by atoms with van der Waals surface area (Å²) in [6, 6.07) is 3.70. The lowest BCUT2D eigenvalue weighted by Gasteiger charge is -2.02. The highest BCUT2D eigenvalue weighted by Crippen LogP contribution is 2.19. The summed E-state index contributed by atoms with van der Waals surface area (Å²) in [5.41, 5.74) is 7.27. The quantitative estimate of drug-likeness (QED) is 0.753. The van der Waals surface area contributed by atoms with E-state index in [9.17, 15) is 0 Å². The van der Waals surface area contributed by atoms with Gasteiger partial charge in [0, 0.05) is 0 Å². The summed E-state index contributed by atoms with van der Waals surface area (Å²) in [7, 11) is 0. The van der Waals surface area contributed by atoms with E-state index < -0.39 is 0 Å². The molecule has 0 aliphatic heterocycles. The number of anilines is 1. The van der Waals surface area contributed by atoms with Crippen LogP contribution in [0.4, 0.5) is 5.82 Å². The molecule has 2 N–H and O–H groups in total. The standard InChI is InChI=1S/C10H8N4O/c1-6-8(4-11)9(12)14-10(13-6)7-2-3-15-5-7/h2-3,5H,1H3,(H2,12,13,14). The highest BCUT2D eigenvalue weighted by molar-refractivity contribution is 5.59. The van der Waals surface area contributed by atoms with Gasteiger partial charge in [-0.15, -0.1) is 0 Å². The topological polar surface area (TPSA) is 88.7 Å². The van der Waals surface area contributed by atoms with E-state index in [2.05, 4.69) is 9.97 Å². The maximum absolute atomic E-state index is 8.79. The summed E-state index contributed by atoms with van der Waals surface area (Å²) in [5, 5.41) is 8.79. The number of hydrogen-bond acceptors (Lipinski definition) is 5. The molecule has 5 nitrogen and oxygen atoms in total. The molecule has 0 fully saturated rings. The largest absolute Gasteiger partial charge is 0.472 e. The van der Waals surface area contributed by atoms with Crippen LogP contribution in [0.2, 0.25) is 0 Å². The number of nitrogen functional groups attached to an aromatic ring is 1. The smallest absolute Gasteiger partial charge is 0.165 e. The Bertz CT molecular complexity index is 502. The maximum atomic E-state index is 8.79. The Hall–Kier alpha value is -2.35. The minimum atomic E-state index is 0.196. The lowest BCUT2D eigenvalue weighted by molar-refractivity contribution is 0.568. The highest BCUT2D eigenvalue weighted by atomic mass is 16.3. The van der Waals surface area contributed by atoms with Crippen LogP contribution in [0.3, 0.4) is 0 Å². The lowest BCUT2D eigenvalue weighted by Crippen LogP contribution is -2.02. The number of nitrogens with two attached hydrogens (primary N) is 1. The average molecular weight is 200 g/mol. The Kier molecular flexibility index (Phi) is 2.10. The van der Waals surface area contributed by atoms with E-state index in [1.165, 1.54) is 12.5 Å². The van der Waals surface area contributed by atoms with Crippen LogP contribution >= 0.6 is 0 Å². The second-order valence-corrected chi connectivity index (χ2v) is 3.02. The molecule has 74 valence electrons. The molecule has 0 aliphatic rings. The second kappa shape index (κ2) is 3.42. The Morgan fingerprint density at radius 3 is 2.80 bits per heavy atom. The molecule has 5 heteroatoms. The molecule has 0 saturated heterocycles. The first-order valence-electron chi connectivity index (χ1n) is 4.29. The van der Waals surface area contributed by atoms with E-state index in [4.69, 9.17) is 15.4 Å². The molecule has 2 heterocycles. The Balaban J connectivity index is 2.59. The molecule has 2 aromatic heterocycles. The molecule has 0 saturated carbocycles. The van der Waals surface area contributed by atoms with Gasteiger partial charge in [0.2, 0.25) is 0 Å². The monoisotopic (exact) mass is 200 g/mol. The van der Waals surface area contributed by atoms with Gasteiger partial charge in [0.25, 0.3) is 0 Å². The molecule has 0 atom stereocenters. The highest BCUT2D eigenvalue weighted by Gasteiger charge is 2.10. The summed E-state index contributed by atoms with van der Waals surface area (Å²) in [5.74, 6) is 0.666. The Labute approximate surface area is 86.2 Å². The minimum absolute atomic E-state index is 0.196. The van der Waals surface area contributed by atoms with Gasteiger partial charge in [-0.3, -0.25) is 0 Å². The lowest BCUT2D eigenvalue weighted by atomic mass is 10.2. The van der Waals surface area contributed by atoms with Crippen molar-refractivity contribution in [2.24, 2.45) is 0 Å². The molecule has 0 amide bonds. The van der Waals surface area contributed by atoms with Crippen molar-refractivity contribution in [3.05, 3.63) is 29.9 Å². The van der Waals surface area contributed by atoms with Crippen molar-refractivity contribution in [1.29, 1.82) is 5.26 Å². The van der Waals surface area contributed by atoms with E-state index in [1.54, 1.807) is 13.0 Å². The molecule has 2 rings (SSSR count). The molecule has 0 unspecified atom stereocenters. The summed E-state index contributed by atoms with van der Waals surface area (Å²) < 4.78 is 4.92. The fraction of sp³-hybridized carbons (Fsp3) is 0.100. The van der Waals surface area contributed by atoms with Crippen LogP contribution in [-0.2, 0) is 0 Å². The van der Waals surface area contributed by atoms with Gasteiger partial charge in [-0.05, 0) is 13.0 Å². The van der Waals surface area contributed by atoms with Crippen molar-refractivity contribution in [2.45, 2.75) is 6.92 Å². The van der Waals surface area contributed by atoms with E-state index >= 15 is 0 Å². The van der Waals surface area contributed by atoms with Crippen LogP contribution in [-0.4, -0.2) is 9.97 Å². The van der Waals surface area contributed by atoms with E-state index in [1.807, 2.05) is 6.07 Å². The van der Waals surface area contributed by atoms with Crippen molar-refractivity contribution in [3.63, 3.8) is 0 Å². The average Bonchev–Trinajstić information content (AvgIpc) is 2.69. The normalized spacial score (nSPS) is 9.87. The first kappa shape index (κ1) is 9.21. The van der Waals surface area contributed by atoms with Gasteiger partial charge in [-0.2, -0.15) is 5.26 Å². The molecule has 0 spiro atoms. The zero-order valence-electron chi connectivity index (χ0n) is 8.06. The SMILES string of the molecule is Cc1nc(-c2ccoc2)nc(N)c1C#N. The van der Waals surface area contributed by atoms with Crippen LogP contribution in [0.25, 0.3) is 11.4 Å². The van der Waals surface area contributed by atoms with Crippen LogP contribution in [0.5, 0.6) is 0 Å². The Morgan fingerprint density at radius 1 is 1.47 bits per heavy atom. The second-order valence-electron chi connectivity index (χ2n) is 3.02. The van der Waals surface area contributed by atoms with Gasteiger partial charge in [-0.1, -0.05) is 0 Å². The van der Waals surface area contributed by atoms with Crippen LogP contribution < -0.4 is 5.73 Å². The van der Waals surface area contributed by atoms with Gasteiger partial charge in [0.05, 0.1) is 17.5 Å². The van der Waals surface area contributed by atoms with Gasteiger partial charge < -0.3 is 10.2 Å². The summed E-state index contributed by atoms with van der Waals surface area (Å²) in [6.45, 7) is 1.72. The summed E-state index contributed by atoms with van der Waals surface area (Å²) >= 11 is 0. The first-order valence-corrected chi connectivity index (χ1v) is 4.29. The zero-order chi connectivity index (χ0) is 10.8. The van der Waals surface area contributed by atoms with Crippen LogP contribution in [0.15, 0.2) is 23.0 Å². The van der Waals surface area contributed by atoms with Gasteiger partial charge in [0.15, 0.2) is 5.82 Å². The molecule has 2 aromatic rings. The predicted molar refractivity (Wildman–Crippen MR) is 53.6 cm³/mol. The number of furan rings is 1. The molecular formula is C10H8N4O. The number of aromatic nitrogens is 2. The molecule has 0 bridgehead atoms. The molecule has 0 aliphatic carbocycles. The third kappa shape index (κ3) is 1.53. The molecule has 0 aromatic carbocycles. The van der Waals surface area contributed by atoms with Gasteiger partial charge >= 0.3 is 0 Å². The summed E-state index contributed by atoms with van der Waals surface area (Å²) in [6.07, 6.45) is 3.06. The van der Waals surface area contributed by atoms with Crippen molar-refractivity contribution < 1.29 is 4.42 Å². The van der Waals surface area contributed by atoms with Crippen molar-refractivity contribution in [3.8, 4) is 17.5 Å². The molecule has 15 heavy (non-hydrogen) atoms. The van der Waals surface area contributed by atoms with Gasteiger partial charge in [0.1, 0.15) is 23.7 Å². The van der Waals surface area contributed by atoms with Crippen molar-refractivity contribution in [2.75, 3.05) is 5.73 Å². The van der Waals surface area contributed by atoms with E-state index in [0.29, 0.717) is 17.1 Å². The van der Waals surface area contributed by atoms with Crippen molar-refractivity contribution >= 4 is 5.82 Å². The molecular weight excluding hydrogens is 192 g/mol. The first-order chi connectivity index (χ1) is 7.22. The minimum Gasteiger partial charge on any atom is -0.472 e. The number of hydrogen-bond donors (Lipinski definition) is 1. The van der Waals surface area contributed by atoms with Crippen molar-refractivity contribution in [1.82, 2.24) is 9.97 Å². The fourth-order valence-electron chi connectivity index (χ4n) is 1.25. The zero-order valence-corrected chi connectivity index (χ0v) is 8.06. The third-order valence-electron chi connectivity index (χ3n) is 2.01. The maximum Gasteiger partial charge on any atom is 0.165 e. The number of aryl methyl sites for hydroxylation is 1. The number of rotatable bonds is 1. The van der Waals surface area contributed by atoms with Crippen LogP contribution in [0, 0.1) is 18.3 Å². The van der Waals surface area contributed by atoms with E-state index in [-0.39, 0.29) is 5.82 Å². The Morgan fingerprint density at radius 2 is 2.27 bits per heavy atom.